The third-order valence-electron chi connectivity index (χ3n) is 9.48. The van der Waals surface area contributed by atoms with Crippen molar-refractivity contribution in [3.63, 3.8) is 0 Å². The van der Waals surface area contributed by atoms with E-state index in [-0.39, 0.29) is 18.6 Å². The number of carbonyl (C=O) groups excluding carboxylic acids is 1. The number of aliphatic hydroxyl groups excluding tert-OH is 1. The van der Waals surface area contributed by atoms with E-state index in [9.17, 15) is 4.79 Å². The molecule has 1 fully saturated rings. The first-order valence-electron chi connectivity index (χ1n) is 16.3. The number of hydrogen-bond donors (Lipinski definition) is 1. The van der Waals surface area contributed by atoms with Crippen LogP contribution in [-0.4, -0.2) is 53.1 Å². The van der Waals surface area contributed by atoms with Gasteiger partial charge >= 0.3 is 0 Å². The van der Waals surface area contributed by atoms with Gasteiger partial charge in [0.25, 0.3) is 5.91 Å². The van der Waals surface area contributed by atoms with Gasteiger partial charge in [0, 0.05) is 43.3 Å². The number of likely N-dealkylation sites (tertiary alicyclic amines) is 1. The third kappa shape index (κ3) is 8.82. The average Bonchev–Trinajstić information content (AvgIpc) is 2.99. The number of nitrogens with zero attached hydrogens (tertiary/aromatic N) is 2. The summed E-state index contributed by atoms with van der Waals surface area (Å²) in [7, 11) is 0. The predicted molar refractivity (Wildman–Crippen MR) is 174 cm³/mol. The Morgan fingerprint density at radius 1 is 1.05 bits per heavy atom. The van der Waals surface area contributed by atoms with Crippen LogP contribution in [0.4, 0.5) is 0 Å². The van der Waals surface area contributed by atoms with Gasteiger partial charge in [0.2, 0.25) is 0 Å². The second-order valence-electron chi connectivity index (χ2n) is 13.1. The first-order valence-corrected chi connectivity index (χ1v) is 16.3. The number of amides is 1. The van der Waals surface area contributed by atoms with E-state index in [0.717, 1.165) is 55.6 Å². The maximum atomic E-state index is 14.0. The zero-order valence-corrected chi connectivity index (χ0v) is 26.6. The van der Waals surface area contributed by atoms with Gasteiger partial charge in [-0.25, -0.2) is 0 Å². The minimum absolute atomic E-state index is 0.116. The van der Waals surface area contributed by atoms with Gasteiger partial charge in [-0.3, -0.25) is 4.79 Å². The van der Waals surface area contributed by atoms with Gasteiger partial charge in [0.15, 0.2) is 0 Å². The van der Waals surface area contributed by atoms with Gasteiger partial charge < -0.3 is 14.9 Å². The second kappa shape index (κ2) is 15.6. The summed E-state index contributed by atoms with van der Waals surface area (Å²) in [6.45, 7) is 13.0. The first-order chi connectivity index (χ1) is 20.3. The monoisotopic (exact) mass is 568 g/mol. The van der Waals surface area contributed by atoms with E-state index in [1.165, 1.54) is 50.5 Å². The molecule has 2 aromatic carbocycles. The smallest absolute Gasteiger partial charge is 0.254 e. The lowest BCUT2D eigenvalue weighted by Gasteiger charge is -2.40. The van der Waals surface area contributed by atoms with Crippen molar-refractivity contribution in [3.05, 3.63) is 81.9 Å². The van der Waals surface area contributed by atoms with Crippen LogP contribution >= 0.6 is 0 Å². The molecule has 1 aliphatic carbocycles. The highest BCUT2D eigenvalue weighted by Gasteiger charge is 2.31. The number of carbonyl (C=O) groups is 1. The Labute approximate surface area is 255 Å². The van der Waals surface area contributed by atoms with Crippen LogP contribution in [-0.2, 0) is 13.0 Å². The van der Waals surface area contributed by atoms with Gasteiger partial charge in [-0.1, -0.05) is 80.9 Å². The number of benzene rings is 2. The Hall–Kier alpha value is -2.87. The van der Waals surface area contributed by atoms with Crippen LogP contribution in [0.15, 0.2) is 59.7 Å². The maximum Gasteiger partial charge on any atom is 0.254 e. The van der Waals surface area contributed by atoms with E-state index in [1.807, 2.05) is 24.3 Å². The Bertz CT molecular complexity index is 1260. The van der Waals surface area contributed by atoms with Crippen LogP contribution < -0.4 is 0 Å². The van der Waals surface area contributed by atoms with Gasteiger partial charge in [-0.2, -0.15) is 0 Å². The number of aliphatic hydroxyl groups is 1. The largest absolute Gasteiger partial charge is 0.384 e. The Balaban J connectivity index is 1.46. The standard InChI is InChI=1S/C38H52N2O2/c1-5-6-7-12-31-16-18-34(19-17-31)37(42)40(29-33-14-8-13-32(28-33)15-10-27-41)35-20-24-39(25-21-35)26-22-36-30(2)11-9-23-38(36,3)4/h8,13-14,16-19,28,35,41H,5-7,9,11-12,20-27,29H2,1-4H3. The molecule has 1 saturated heterocycles. The van der Waals surface area contributed by atoms with E-state index in [0.29, 0.717) is 12.0 Å². The number of hydrogen-bond acceptors (Lipinski definition) is 3. The van der Waals surface area contributed by atoms with Crippen LogP contribution in [0, 0.1) is 17.3 Å². The predicted octanol–water partition coefficient (Wildman–Crippen LogP) is 7.79. The highest BCUT2D eigenvalue weighted by atomic mass is 16.2. The topological polar surface area (TPSA) is 43.8 Å². The molecule has 1 amide bonds. The molecular weight excluding hydrogens is 516 g/mol. The minimum atomic E-state index is -0.157. The van der Waals surface area contributed by atoms with Crippen molar-refractivity contribution >= 4 is 5.91 Å². The molecule has 1 aliphatic heterocycles. The zero-order chi connectivity index (χ0) is 30.0. The van der Waals surface area contributed by atoms with Crippen LogP contribution in [0.5, 0.6) is 0 Å². The van der Waals surface area contributed by atoms with Gasteiger partial charge in [-0.15, -0.1) is 0 Å². The van der Waals surface area contributed by atoms with E-state index in [4.69, 9.17) is 5.11 Å². The van der Waals surface area contributed by atoms with Crippen LogP contribution in [0.1, 0.15) is 113 Å². The molecule has 0 spiro atoms. The molecule has 226 valence electrons. The highest BCUT2D eigenvalue weighted by Crippen LogP contribution is 2.41. The molecule has 4 heteroatoms. The van der Waals surface area contributed by atoms with E-state index in [1.54, 1.807) is 11.1 Å². The molecule has 0 atom stereocenters. The molecule has 1 N–H and O–H groups in total. The number of unbranched alkanes of at least 4 members (excludes halogenated alkanes) is 2. The summed E-state index contributed by atoms with van der Waals surface area (Å²) in [6.07, 6.45) is 11.7. The number of piperidine rings is 1. The van der Waals surface area contributed by atoms with Gasteiger partial charge in [-0.05, 0) is 99.1 Å². The Morgan fingerprint density at radius 3 is 2.50 bits per heavy atom. The quantitative estimate of drug-likeness (QED) is 0.171. The molecule has 4 rings (SSSR count). The van der Waals surface area contributed by atoms with Crippen molar-refractivity contribution in [1.82, 2.24) is 9.80 Å². The molecule has 0 aromatic heterocycles. The van der Waals surface area contributed by atoms with Crippen molar-refractivity contribution in [2.24, 2.45) is 5.41 Å². The van der Waals surface area contributed by atoms with Crippen LogP contribution in [0.2, 0.25) is 0 Å². The molecule has 4 nitrogen and oxygen atoms in total. The lowest BCUT2D eigenvalue weighted by Crippen LogP contribution is -2.47. The Kier molecular flexibility index (Phi) is 11.9. The fraction of sp³-hybridized carbons (Fsp3) is 0.553. The van der Waals surface area contributed by atoms with Crippen LogP contribution in [0.3, 0.4) is 0 Å². The second-order valence-corrected chi connectivity index (χ2v) is 13.1. The normalized spacial score (nSPS) is 17.5. The fourth-order valence-electron chi connectivity index (χ4n) is 6.96. The lowest BCUT2D eigenvalue weighted by molar-refractivity contribution is 0.0549. The average molecular weight is 569 g/mol. The molecule has 0 saturated carbocycles. The van der Waals surface area contributed by atoms with Crippen molar-refractivity contribution in [1.29, 1.82) is 0 Å². The molecular formula is C38H52N2O2. The first kappa shape index (κ1) is 32.1. The summed E-state index contributed by atoms with van der Waals surface area (Å²) in [5, 5.41) is 9.13. The van der Waals surface area contributed by atoms with E-state index < -0.39 is 0 Å². The summed E-state index contributed by atoms with van der Waals surface area (Å²) < 4.78 is 0. The van der Waals surface area contributed by atoms with Crippen LogP contribution in [0.25, 0.3) is 0 Å². The summed E-state index contributed by atoms with van der Waals surface area (Å²) in [5.74, 6) is 5.88. The highest BCUT2D eigenvalue weighted by molar-refractivity contribution is 5.94. The number of rotatable bonds is 11. The number of allylic oxidation sites excluding steroid dienone is 1. The van der Waals surface area contributed by atoms with Crippen molar-refractivity contribution < 1.29 is 9.90 Å². The molecule has 0 radical (unpaired) electrons. The minimum Gasteiger partial charge on any atom is -0.384 e. The van der Waals surface area contributed by atoms with E-state index >= 15 is 0 Å². The molecule has 42 heavy (non-hydrogen) atoms. The maximum absolute atomic E-state index is 14.0. The van der Waals surface area contributed by atoms with Gasteiger partial charge in [0.05, 0.1) is 0 Å². The Morgan fingerprint density at radius 2 is 1.81 bits per heavy atom. The fourth-order valence-corrected chi connectivity index (χ4v) is 6.96. The summed E-state index contributed by atoms with van der Waals surface area (Å²) in [6, 6.07) is 16.6. The molecule has 2 aliphatic rings. The molecule has 0 bridgehead atoms. The SMILES string of the molecule is CCCCCc1ccc(C(=O)N(Cc2cccc(C#CCO)c2)C2CCN(CCC3=C(C)CCCC3(C)C)CC2)cc1. The van der Waals surface area contributed by atoms with Crippen molar-refractivity contribution in [2.45, 2.75) is 104 Å². The van der Waals surface area contributed by atoms with Crippen molar-refractivity contribution in [2.75, 3.05) is 26.2 Å². The molecule has 2 aromatic rings. The number of aryl methyl sites for hydroxylation is 1. The summed E-state index contributed by atoms with van der Waals surface area (Å²) in [5.41, 5.74) is 7.64. The molecule has 0 unspecified atom stereocenters. The molecule has 1 heterocycles. The summed E-state index contributed by atoms with van der Waals surface area (Å²) >= 11 is 0. The lowest BCUT2D eigenvalue weighted by atomic mass is 9.71. The third-order valence-corrected chi connectivity index (χ3v) is 9.48. The van der Waals surface area contributed by atoms with Gasteiger partial charge in [0.1, 0.15) is 6.61 Å². The zero-order valence-electron chi connectivity index (χ0n) is 26.6. The summed E-state index contributed by atoms with van der Waals surface area (Å²) in [4.78, 5) is 18.8. The van der Waals surface area contributed by atoms with Crippen molar-refractivity contribution in [3.8, 4) is 11.8 Å². The van der Waals surface area contributed by atoms with E-state index in [2.05, 4.69) is 73.6 Å².